The summed E-state index contributed by atoms with van der Waals surface area (Å²) in [6.45, 7) is 3.69. The molecule has 0 saturated heterocycles. The molecule has 0 spiro atoms. The third-order valence-corrected chi connectivity index (χ3v) is 4.88. The molecule has 9 heteroatoms. The minimum absolute atomic E-state index is 0.133. The second kappa shape index (κ2) is 8.32. The highest BCUT2D eigenvalue weighted by Crippen LogP contribution is 2.19. The molecule has 3 rings (SSSR count). The maximum absolute atomic E-state index is 12.5. The van der Waals surface area contributed by atoms with Crippen molar-refractivity contribution in [3.8, 4) is 0 Å². The minimum Gasteiger partial charge on any atom is -0.365 e. The number of rotatable bonds is 6. The van der Waals surface area contributed by atoms with Gasteiger partial charge in [-0.2, -0.15) is 5.10 Å². The number of nitrogens with one attached hydrogen (secondary N) is 1. The van der Waals surface area contributed by atoms with Crippen molar-refractivity contribution in [1.82, 2.24) is 19.5 Å². The number of carbonyl (C=O) groups is 3. The smallest absolute Gasteiger partial charge is 0.254 e. The Balaban J connectivity index is 1.74. The van der Waals surface area contributed by atoms with Crippen LogP contribution in [0.3, 0.4) is 0 Å². The molecule has 1 aromatic carbocycles. The zero-order valence-corrected chi connectivity index (χ0v) is 17.4. The number of anilines is 1. The van der Waals surface area contributed by atoms with E-state index >= 15 is 0 Å². The Morgan fingerprint density at radius 3 is 2.60 bits per heavy atom. The number of carbonyl (C=O) groups excluding carboxylic acids is 3. The molecule has 156 valence electrons. The third-order valence-electron chi connectivity index (χ3n) is 4.88. The summed E-state index contributed by atoms with van der Waals surface area (Å²) in [5.41, 5.74) is 9.51. The first-order valence-corrected chi connectivity index (χ1v) is 9.44. The van der Waals surface area contributed by atoms with Gasteiger partial charge in [-0.25, -0.2) is 9.50 Å². The number of benzene rings is 1. The van der Waals surface area contributed by atoms with Gasteiger partial charge in [0, 0.05) is 43.2 Å². The molecule has 2 aromatic heterocycles. The predicted molar refractivity (Wildman–Crippen MR) is 112 cm³/mol. The van der Waals surface area contributed by atoms with E-state index in [-0.39, 0.29) is 23.8 Å². The van der Waals surface area contributed by atoms with E-state index in [2.05, 4.69) is 15.4 Å². The van der Waals surface area contributed by atoms with Gasteiger partial charge in [-0.3, -0.25) is 14.4 Å². The number of fused-ring (bicyclic) bond motifs is 1. The van der Waals surface area contributed by atoms with Crippen LogP contribution in [0.4, 0.5) is 5.69 Å². The first-order valence-electron chi connectivity index (χ1n) is 9.44. The predicted octanol–water partition coefficient (Wildman–Crippen LogP) is 1.72. The van der Waals surface area contributed by atoms with Gasteiger partial charge in [0.2, 0.25) is 5.91 Å². The zero-order valence-electron chi connectivity index (χ0n) is 17.4. The molecule has 9 nitrogen and oxygen atoms in total. The van der Waals surface area contributed by atoms with Crippen LogP contribution in [0.25, 0.3) is 5.65 Å². The second-order valence-corrected chi connectivity index (χ2v) is 7.25. The third kappa shape index (κ3) is 4.14. The van der Waals surface area contributed by atoms with Crippen molar-refractivity contribution in [2.24, 2.45) is 5.73 Å². The van der Waals surface area contributed by atoms with E-state index in [0.717, 1.165) is 17.0 Å². The fourth-order valence-electron chi connectivity index (χ4n) is 3.30. The van der Waals surface area contributed by atoms with Crippen molar-refractivity contribution in [2.75, 3.05) is 19.4 Å². The first-order chi connectivity index (χ1) is 14.2. The quantitative estimate of drug-likeness (QED) is 0.643. The van der Waals surface area contributed by atoms with Crippen LogP contribution in [0.15, 0.2) is 30.5 Å². The standard InChI is InChI=1S/C21H24N6O3/c1-12-16(13(2)27-20(24-12)17(11-23-27)19(22)29)8-9-18(28)25-15-7-5-6-14(10-15)21(30)26(3)4/h5-7,10-11H,8-9H2,1-4H3,(H2,22,29)(H,25,28). The lowest BCUT2D eigenvalue weighted by Gasteiger charge is -2.13. The van der Waals surface area contributed by atoms with E-state index in [0.29, 0.717) is 23.3 Å². The summed E-state index contributed by atoms with van der Waals surface area (Å²) in [5.74, 6) is -0.897. The summed E-state index contributed by atoms with van der Waals surface area (Å²) in [7, 11) is 3.35. The fourth-order valence-corrected chi connectivity index (χ4v) is 3.30. The number of aromatic nitrogens is 3. The van der Waals surface area contributed by atoms with Crippen LogP contribution < -0.4 is 11.1 Å². The van der Waals surface area contributed by atoms with E-state index in [9.17, 15) is 14.4 Å². The molecule has 0 radical (unpaired) electrons. The highest BCUT2D eigenvalue weighted by molar-refractivity contribution is 5.98. The van der Waals surface area contributed by atoms with E-state index in [1.807, 2.05) is 13.8 Å². The molecule has 2 heterocycles. The summed E-state index contributed by atoms with van der Waals surface area (Å²) < 4.78 is 1.57. The lowest BCUT2D eigenvalue weighted by atomic mass is 10.1. The number of nitrogens with zero attached hydrogens (tertiary/aromatic N) is 4. The average molecular weight is 408 g/mol. The van der Waals surface area contributed by atoms with Crippen LogP contribution in [0, 0.1) is 13.8 Å². The Hall–Kier alpha value is -3.75. The second-order valence-electron chi connectivity index (χ2n) is 7.25. The number of primary amides is 1. The molecule has 0 saturated carbocycles. The first kappa shape index (κ1) is 21.0. The van der Waals surface area contributed by atoms with Crippen LogP contribution in [0.2, 0.25) is 0 Å². The Morgan fingerprint density at radius 2 is 1.93 bits per heavy atom. The summed E-state index contributed by atoms with van der Waals surface area (Å²) >= 11 is 0. The summed E-state index contributed by atoms with van der Waals surface area (Å²) in [6.07, 6.45) is 2.08. The monoisotopic (exact) mass is 408 g/mol. The maximum atomic E-state index is 12.5. The van der Waals surface area contributed by atoms with Crippen LogP contribution in [-0.2, 0) is 11.2 Å². The molecule has 30 heavy (non-hydrogen) atoms. The lowest BCUT2D eigenvalue weighted by Crippen LogP contribution is -2.22. The van der Waals surface area contributed by atoms with Gasteiger partial charge in [0.1, 0.15) is 5.56 Å². The van der Waals surface area contributed by atoms with E-state index in [1.54, 1.807) is 42.9 Å². The zero-order chi connectivity index (χ0) is 22.0. The Morgan fingerprint density at radius 1 is 1.20 bits per heavy atom. The van der Waals surface area contributed by atoms with Gasteiger partial charge in [-0.05, 0) is 44.0 Å². The summed E-state index contributed by atoms with van der Waals surface area (Å²) in [5, 5.41) is 7.02. The number of amides is 3. The van der Waals surface area contributed by atoms with Crippen molar-refractivity contribution in [3.63, 3.8) is 0 Å². The Bertz CT molecular complexity index is 1150. The van der Waals surface area contributed by atoms with Crippen molar-refractivity contribution >= 4 is 29.1 Å². The number of nitrogens with two attached hydrogens (primary N) is 1. The molecule has 0 aliphatic rings. The minimum atomic E-state index is -0.585. The van der Waals surface area contributed by atoms with Crippen LogP contribution >= 0.6 is 0 Å². The molecule has 3 amide bonds. The van der Waals surface area contributed by atoms with Gasteiger partial charge in [0.25, 0.3) is 11.8 Å². The van der Waals surface area contributed by atoms with Crippen molar-refractivity contribution in [1.29, 1.82) is 0 Å². The van der Waals surface area contributed by atoms with Crippen LogP contribution in [-0.4, -0.2) is 51.3 Å². The lowest BCUT2D eigenvalue weighted by molar-refractivity contribution is -0.116. The van der Waals surface area contributed by atoms with Gasteiger partial charge in [0.05, 0.1) is 6.20 Å². The normalized spacial score (nSPS) is 10.8. The summed E-state index contributed by atoms with van der Waals surface area (Å²) in [6, 6.07) is 6.82. The van der Waals surface area contributed by atoms with Crippen molar-refractivity contribution in [2.45, 2.75) is 26.7 Å². The average Bonchev–Trinajstić information content (AvgIpc) is 3.11. The molecule has 3 N–H and O–H groups in total. The highest BCUT2D eigenvalue weighted by atomic mass is 16.2. The molecular weight excluding hydrogens is 384 g/mol. The molecule has 0 unspecified atom stereocenters. The van der Waals surface area contributed by atoms with Crippen molar-refractivity contribution in [3.05, 3.63) is 58.5 Å². The maximum Gasteiger partial charge on any atom is 0.254 e. The molecule has 0 bridgehead atoms. The molecule has 0 aliphatic carbocycles. The molecule has 0 fully saturated rings. The Labute approximate surface area is 173 Å². The molecular formula is C21H24N6O3. The van der Waals surface area contributed by atoms with E-state index < -0.39 is 5.91 Å². The topological polar surface area (TPSA) is 123 Å². The van der Waals surface area contributed by atoms with Crippen LogP contribution in [0.5, 0.6) is 0 Å². The molecule has 0 aliphatic heterocycles. The van der Waals surface area contributed by atoms with Gasteiger partial charge < -0.3 is 16.0 Å². The summed E-state index contributed by atoms with van der Waals surface area (Å²) in [4.78, 5) is 42.0. The Kier molecular flexibility index (Phi) is 5.81. The van der Waals surface area contributed by atoms with E-state index in [4.69, 9.17) is 5.73 Å². The fraction of sp³-hybridized carbons (Fsp3) is 0.286. The number of hydrogen-bond acceptors (Lipinski definition) is 5. The van der Waals surface area contributed by atoms with Gasteiger partial charge in [-0.1, -0.05) is 6.07 Å². The van der Waals surface area contributed by atoms with Gasteiger partial charge in [-0.15, -0.1) is 0 Å². The van der Waals surface area contributed by atoms with Crippen molar-refractivity contribution < 1.29 is 14.4 Å². The van der Waals surface area contributed by atoms with E-state index in [1.165, 1.54) is 11.1 Å². The van der Waals surface area contributed by atoms with Gasteiger partial charge >= 0.3 is 0 Å². The molecule has 3 aromatic rings. The largest absolute Gasteiger partial charge is 0.365 e. The SMILES string of the molecule is Cc1nc2c(C(N)=O)cnn2c(C)c1CCC(=O)Nc1cccc(C(=O)N(C)C)c1. The number of hydrogen-bond donors (Lipinski definition) is 2. The highest BCUT2D eigenvalue weighted by Gasteiger charge is 2.17. The molecule has 0 atom stereocenters. The van der Waals surface area contributed by atoms with Gasteiger partial charge in [0.15, 0.2) is 5.65 Å². The van der Waals surface area contributed by atoms with Crippen LogP contribution in [0.1, 0.15) is 44.1 Å². The number of aryl methyl sites for hydroxylation is 2.